The minimum atomic E-state index is -1.19. The molecule has 0 unspecified atom stereocenters. The van der Waals surface area contributed by atoms with E-state index in [0.717, 1.165) is 51.9 Å². The third kappa shape index (κ3) is 10.2. The highest BCUT2D eigenvalue weighted by atomic mass is 16.5. The third-order valence-electron chi connectivity index (χ3n) is 7.26. The minimum Gasteiger partial charge on any atom is -0.388 e. The van der Waals surface area contributed by atoms with Gasteiger partial charge >= 0.3 is 0 Å². The van der Waals surface area contributed by atoms with Crippen molar-refractivity contribution in [2.45, 2.75) is 70.8 Å². The Morgan fingerprint density at radius 1 is 1.03 bits per heavy atom. The lowest BCUT2D eigenvalue weighted by molar-refractivity contribution is -0.143. The molecule has 10 nitrogen and oxygen atoms in total. The van der Waals surface area contributed by atoms with Crippen LogP contribution in [0.5, 0.6) is 0 Å². The Morgan fingerprint density at radius 2 is 1.78 bits per heavy atom. The van der Waals surface area contributed by atoms with E-state index in [1.807, 2.05) is 4.90 Å². The van der Waals surface area contributed by atoms with Crippen LogP contribution in [0.3, 0.4) is 0 Å². The molecule has 4 atom stereocenters. The Kier molecular flexibility index (Phi) is 13.6. The van der Waals surface area contributed by atoms with Crippen LogP contribution in [0.1, 0.15) is 46.5 Å². The zero-order valence-electron chi connectivity index (χ0n) is 23.1. The van der Waals surface area contributed by atoms with Gasteiger partial charge in [0.15, 0.2) is 0 Å². The number of amides is 2. The van der Waals surface area contributed by atoms with Gasteiger partial charge in [0, 0.05) is 59.4 Å². The van der Waals surface area contributed by atoms with Crippen molar-refractivity contribution in [3.63, 3.8) is 0 Å². The lowest BCUT2D eigenvalue weighted by Gasteiger charge is -2.39. The first-order chi connectivity index (χ1) is 17.1. The summed E-state index contributed by atoms with van der Waals surface area (Å²) in [6.07, 6.45) is 0.237. The second-order valence-electron chi connectivity index (χ2n) is 10.8. The van der Waals surface area contributed by atoms with E-state index in [0.29, 0.717) is 32.2 Å². The van der Waals surface area contributed by atoms with Crippen LogP contribution in [-0.2, 0) is 19.1 Å². The Balaban J connectivity index is 2.28. The van der Waals surface area contributed by atoms with Gasteiger partial charge < -0.3 is 34.4 Å². The summed E-state index contributed by atoms with van der Waals surface area (Å²) in [5.74, 6) is 0.276. The zero-order valence-corrected chi connectivity index (χ0v) is 23.1. The van der Waals surface area contributed by atoms with Gasteiger partial charge in [0.25, 0.3) is 0 Å². The summed E-state index contributed by atoms with van der Waals surface area (Å²) in [6, 6.07) is -0.153. The maximum absolute atomic E-state index is 13.7. The van der Waals surface area contributed by atoms with Crippen LogP contribution in [-0.4, -0.2) is 146 Å². The maximum atomic E-state index is 13.7. The molecule has 0 saturated carbocycles. The second-order valence-corrected chi connectivity index (χ2v) is 10.8. The number of hydrogen-bond donors (Lipinski definition) is 2. The number of nitrogens with zero attached hydrogens (tertiary/aromatic N) is 4. The van der Waals surface area contributed by atoms with E-state index in [4.69, 9.17) is 9.47 Å². The van der Waals surface area contributed by atoms with E-state index < -0.39 is 18.3 Å². The van der Waals surface area contributed by atoms with Crippen molar-refractivity contribution in [2.24, 2.45) is 5.92 Å². The Labute approximate surface area is 217 Å². The van der Waals surface area contributed by atoms with Gasteiger partial charge in [-0.05, 0) is 51.7 Å². The molecule has 0 radical (unpaired) electrons. The molecule has 0 aromatic carbocycles. The second kappa shape index (κ2) is 15.8. The minimum absolute atomic E-state index is 0.0108. The number of carbonyl (C=O) groups excluding carboxylic acids is 2. The number of aliphatic hydroxyl groups is 2. The normalized spacial score (nSPS) is 29.1. The molecule has 10 heteroatoms. The first kappa shape index (κ1) is 30.9. The van der Waals surface area contributed by atoms with Crippen LogP contribution in [0, 0.1) is 5.92 Å². The Bertz CT molecular complexity index is 666. The molecular formula is C26H50N4O6. The van der Waals surface area contributed by atoms with Crippen molar-refractivity contribution < 1.29 is 29.3 Å². The molecule has 0 spiro atoms. The molecule has 2 amide bonds. The van der Waals surface area contributed by atoms with Crippen LogP contribution >= 0.6 is 0 Å². The van der Waals surface area contributed by atoms with E-state index in [1.165, 1.54) is 14.0 Å². The standard InChI is InChI=1S/C26H50N4O6/c1-20(2)15-22-16-29(21(3)31)17-24(35-5)26(34)23(32)19-36-14-7-6-11-30(22)25(33)18-28-10-8-9-27(4)12-13-28/h20,22-24,26,32,34H,6-19H2,1-5H3/t22-,23-,24-,26-/m1/s1. The fraction of sp³-hybridized carbons (Fsp3) is 0.923. The first-order valence-corrected chi connectivity index (χ1v) is 13.5. The highest BCUT2D eigenvalue weighted by molar-refractivity contribution is 5.79. The molecule has 2 aliphatic heterocycles. The maximum Gasteiger partial charge on any atom is 0.237 e. The van der Waals surface area contributed by atoms with Gasteiger partial charge in [-0.25, -0.2) is 0 Å². The fourth-order valence-electron chi connectivity index (χ4n) is 5.06. The summed E-state index contributed by atoms with van der Waals surface area (Å²) in [5.41, 5.74) is 0. The fourth-order valence-corrected chi connectivity index (χ4v) is 5.06. The van der Waals surface area contributed by atoms with Crippen LogP contribution in [0.2, 0.25) is 0 Å². The third-order valence-corrected chi connectivity index (χ3v) is 7.26. The summed E-state index contributed by atoms with van der Waals surface area (Å²) >= 11 is 0. The largest absolute Gasteiger partial charge is 0.388 e. The van der Waals surface area contributed by atoms with Crippen LogP contribution in [0.4, 0.5) is 0 Å². The van der Waals surface area contributed by atoms with E-state index >= 15 is 0 Å². The number of aliphatic hydroxyl groups excluding tert-OH is 2. The quantitative estimate of drug-likeness (QED) is 0.538. The number of ether oxygens (including phenoxy) is 2. The number of hydrogen-bond acceptors (Lipinski definition) is 8. The summed E-state index contributed by atoms with van der Waals surface area (Å²) in [5, 5.41) is 21.0. The van der Waals surface area contributed by atoms with Crippen molar-refractivity contribution in [3.8, 4) is 0 Å². The molecule has 2 heterocycles. The molecule has 0 aromatic rings. The predicted octanol–water partition coefficient (Wildman–Crippen LogP) is 0.263. The van der Waals surface area contributed by atoms with Gasteiger partial charge in [-0.15, -0.1) is 0 Å². The van der Waals surface area contributed by atoms with Gasteiger partial charge in [-0.1, -0.05) is 13.8 Å². The topological polar surface area (TPSA) is 106 Å². The van der Waals surface area contributed by atoms with E-state index in [1.54, 1.807) is 4.90 Å². The van der Waals surface area contributed by atoms with Gasteiger partial charge in [-0.2, -0.15) is 0 Å². The van der Waals surface area contributed by atoms with E-state index in [-0.39, 0.29) is 31.0 Å². The van der Waals surface area contributed by atoms with Gasteiger partial charge in [0.2, 0.25) is 11.8 Å². The first-order valence-electron chi connectivity index (χ1n) is 13.5. The monoisotopic (exact) mass is 514 g/mol. The molecule has 36 heavy (non-hydrogen) atoms. The molecular weight excluding hydrogens is 464 g/mol. The summed E-state index contributed by atoms with van der Waals surface area (Å²) in [6.45, 7) is 11.4. The number of carbonyl (C=O) groups is 2. The van der Waals surface area contributed by atoms with E-state index in [2.05, 4.69) is 30.7 Å². The van der Waals surface area contributed by atoms with Gasteiger partial charge in [0.05, 0.1) is 13.2 Å². The highest BCUT2D eigenvalue weighted by Crippen LogP contribution is 2.18. The van der Waals surface area contributed by atoms with Gasteiger partial charge in [0.1, 0.15) is 18.3 Å². The van der Waals surface area contributed by atoms with Crippen molar-refractivity contribution in [1.29, 1.82) is 0 Å². The molecule has 0 aromatic heterocycles. The SMILES string of the molecule is CO[C@@H]1CN(C(C)=O)C[C@@H](CC(C)C)N(C(=O)CN2CCCN(C)CC2)CCCCOC[C@@H](O)[C@H]1O. The zero-order chi connectivity index (χ0) is 26.7. The molecule has 0 bridgehead atoms. The molecule has 2 aliphatic rings. The Morgan fingerprint density at radius 3 is 2.44 bits per heavy atom. The molecule has 2 N–H and O–H groups in total. The predicted molar refractivity (Wildman–Crippen MR) is 139 cm³/mol. The number of likely N-dealkylation sites (N-methyl/N-ethyl adjacent to an activating group) is 1. The molecule has 0 aliphatic carbocycles. The summed E-state index contributed by atoms with van der Waals surface area (Å²) in [4.78, 5) is 34.6. The lowest BCUT2D eigenvalue weighted by atomic mass is 10.00. The lowest BCUT2D eigenvalue weighted by Crippen LogP contribution is -2.54. The van der Waals surface area contributed by atoms with Crippen molar-refractivity contribution in [2.75, 3.05) is 79.7 Å². The van der Waals surface area contributed by atoms with Crippen molar-refractivity contribution >= 4 is 11.8 Å². The Hall–Kier alpha value is -1.30. The molecule has 2 saturated heterocycles. The summed E-state index contributed by atoms with van der Waals surface area (Å²) < 4.78 is 11.1. The molecule has 2 rings (SSSR count). The van der Waals surface area contributed by atoms with Crippen molar-refractivity contribution in [1.82, 2.24) is 19.6 Å². The number of methoxy groups -OCH3 is 1. The van der Waals surface area contributed by atoms with Gasteiger partial charge in [-0.3, -0.25) is 14.5 Å². The average molecular weight is 515 g/mol. The smallest absolute Gasteiger partial charge is 0.237 e. The average Bonchev–Trinajstić information content (AvgIpc) is 3.02. The van der Waals surface area contributed by atoms with E-state index in [9.17, 15) is 19.8 Å². The van der Waals surface area contributed by atoms with Crippen LogP contribution in [0.25, 0.3) is 0 Å². The summed E-state index contributed by atoms with van der Waals surface area (Å²) in [7, 11) is 3.58. The molecule has 2 fully saturated rings. The van der Waals surface area contributed by atoms with Crippen molar-refractivity contribution in [3.05, 3.63) is 0 Å². The highest BCUT2D eigenvalue weighted by Gasteiger charge is 2.33. The number of rotatable bonds is 5. The van der Waals surface area contributed by atoms with Crippen LogP contribution < -0.4 is 0 Å². The molecule has 210 valence electrons. The van der Waals surface area contributed by atoms with Crippen LogP contribution in [0.15, 0.2) is 0 Å².